The number of thiazole rings is 1. The third-order valence-corrected chi connectivity index (χ3v) is 6.53. The average molecular weight is 440 g/mol. The number of hydrogen-bond acceptors (Lipinski definition) is 7. The van der Waals surface area contributed by atoms with Gasteiger partial charge in [0.2, 0.25) is 21.8 Å². The maximum Gasteiger partial charge on any atom is 0.243 e. The van der Waals surface area contributed by atoms with Gasteiger partial charge < -0.3 is 15.5 Å². The maximum atomic E-state index is 13.1. The fourth-order valence-corrected chi connectivity index (χ4v) is 4.48. The van der Waals surface area contributed by atoms with Gasteiger partial charge in [-0.1, -0.05) is 0 Å². The summed E-state index contributed by atoms with van der Waals surface area (Å²) in [7, 11) is -0.258. The first kappa shape index (κ1) is 22.9. The number of aromatic nitrogens is 1. The van der Waals surface area contributed by atoms with Crippen molar-refractivity contribution in [1.82, 2.24) is 14.2 Å². The Hall–Kier alpha value is -2.34. The van der Waals surface area contributed by atoms with Crippen molar-refractivity contribution in [1.29, 1.82) is 0 Å². The lowest BCUT2D eigenvalue weighted by molar-refractivity contribution is -0.116. The zero-order valence-corrected chi connectivity index (χ0v) is 18.4. The Morgan fingerprint density at radius 2 is 1.76 bits per heavy atom. The second-order valence-corrected chi connectivity index (χ2v) is 9.49. The predicted octanol–water partition coefficient (Wildman–Crippen LogP) is 1.60. The first-order valence-electron chi connectivity index (χ1n) is 8.82. The van der Waals surface area contributed by atoms with Gasteiger partial charge in [-0.3, -0.25) is 9.59 Å². The Bertz CT molecular complexity index is 955. The molecule has 29 heavy (non-hydrogen) atoms. The smallest absolute Gasteiger partial charge is 0.243 e. The van der Waals surface area contributed by atoms with E-state index in [1.807, 2.05) is 25.9 Å². The normalized spacial score (nSPS) is 11.7. The minimum Gasteiger partial charge on any atom is -0.326 e. The first-order valence-corrected chi connectivity index (χ1v) is 11.1. The van der Waals surface area contributed by atoms with Crippen molar-refractivity contribution in [3.8, 4) is 0 Å². The van der Waals surface area contributed by atoms with Crippen LogP contribution in [0.5, 0.6) is 0 Å². The van der Waals surface area contributed by atoms with E-state index < -0.39 is 15.9 Å². The minimum atomic E-state index is -3.91. The molecule has 0 fully saturated rings. The molecular weight excluding hydrogens is 414 g/mol. The summed E-state index contributed by atoms with van der Waals surface area (Å²) in [4.78, 5) is 29.6. The monoisotopic (exact) mass is 439 g/mol. The van der Waals surface area contributed by atoms with E-state index in [4.69, 9.17) is 0 Å². The zero-order valence-electron chi connectivity index (χ0n) is 16.8. The Balaban J connectivity index is 2.19. The Morgan fingerprint density at radius 1 is 1.10 bits per heavy atom. The summed E-state index contributed by atoms with van der Waals surface area (Å²) in [6.45, 7) is 3.45. The number of nitrogens with one attached hydrogen (secondary N) is 2. The molecule has 9 nitrogen and oxygen atoms in total. The summed E-state index contributed by atoms with van der Waals surface area (Å²) < 4.78 is 27.3. The summed E-state index contributed by atoms with van der Waals surface area (Å²) in [6, 6.07) is 5.84. The highest BCUT2D eigenvalue weighted by atomic mass is 32.2. The first-order chi connectivity index (χ1) is 13.6. The molecule has 2 amide bonds. The van der Waals surface area contributed by atoms with Gasteiger partial charge in [-0.25, -0.2) is 13.4 Å². The van der Waals surface area contributed by atoms with Crippen LogP contribution in [0.25, 0.3) is 0 Å². The number of nitrogens with zero attached hydrogens (tertiary/aromatic N) is 3. The number of amides is 2. The highest BCUT2D eigenvalue weighted by molar-refractivity contribution is 7.89. The maximum absolute atomic E-state index is 13.1. The Morgan fingerprint density at radius 3 is 2.28 bits per heavy atom. The Kier molecular flexibility index (Phi) is 7.85. The molecule has 1 aromatic heterocycles. The molecule has 158 valence electrons. The molecule has 0 atom stereocenters. The highest BCUT2D eigenvalue weighted by Crippen LogP contribution is 2.19. The standard InChI is InChI=1S/C18H25N5O4S2/c1-13-12-28-18(19-13)21-17(25)11-23(10-9-22(3)4)29(26,27)16-7-5-15(6-8-16)20-14(2)24/h5-8,12H,9-11H2,1-4H3,(H,20,24)(H,19,21,25). The van der Waals surface area contributed by atoms with Gasteiger partial charge >= 0.3 is 0 Å². The minimum absolute atomic E-state index is 0.0447. The van der Waals surface area contributed by atoms with Gasteiger partial charge in [-0.15, -0.1) is 11.3 Å². The van der Waals surface area contributed by atoms with E-state index in [0.717, 1.165) is 10.00 Å². The van der Waals surface area contributed by atoms with E-state index in [9.17, 15) is 18.0 Å². The van der Waals surface area contributed by atoms with Crippen LogP contribution < -0.4 is 10.6 Å². The summed E-state index contributed by atoms with van der Waals surface area (Å²) in [5, 5.41) is 7.45. The lowest BCUT2D eigenvalue weighted by atomic mass is 10.3. The van der Waals surface area contributed by atoms with Gasteiger partial charge in [0.25, 0.3) is 0 Å². The SMILES string of the molecule is CC(=O)Nc1ccc(S(=O)(=O)N(CCN(C)C)CC(=O)Nc2nc(C)cs2)cc1. The predicted molar refractivity (Wildman–Crippen MR) is 114 cm³/mol. The molecule has 11 heteroatoms. The largest absolute Gasteiger partial charge is 0.326 e. The van der Waals surface area contributed by atoms with Gasteiger partial charge in [0.05, 0.1) is 17.1 Å². The molecule has 0 aliphatic carbocycles. The van der Waals surface area contributed by atoms with Crippen molar-refractivity contribution in [2.24, 2.45) is 0 Å². The molecule has 0 radical (unpaired) electrons. The number of aryl methyl sites for hydroxylation is 1. The number of carbonyl (C=O) groups is 2. The highest BCUT2D eigenvalue weighted by Gasteiger charge is 2.27. The fourth-order valence-electron chi connectivity index (χ4n) is 2.39. The van der Waals surface area contributed by atoms with Gasteiger partial charge in [0.15, 0.2) is 5.13 Å². The van der Waals surface area contributed by atoms with Crippen LogP contribution >= 0.6 is 11.3 Å². The van der Waals surface area contributed by atoms with Crippen LogP contribution in [0.2, 0.25) is 0 Å². The molecule has 1 heterocycles. The van der Waals surface area contributed by atoms with Crippen LogP contribution in [-0.2, 0) is 19.6 Å². The summed E-state index contributed by atoms with van der Waals surface area (Å²) >= 11 is 1.28. The molecule has 0 spiro atoms. The molecule has 0 unspecified atom stereocenters. The molecule has 0 saturated carbocycles. The second-order valence-electron chi connectivity index (χ2n) is 6.69. The molecular formula is C18H25N5O4S2. The number of benzene rings is 1. The topological polar surface area (TPSA) is 112 Å². The fraction of sp³-hybridized carbons (Fsp3) is 0.389. The summed E-state index contributed by atoms with van der Waals surface area (Å²) in [5.41, 5.74) is 1.27. The third kappa shape index (κ3) is 6.89. The van der Waals surface area contributed by atoms with Crippen LogP contribution in [0.1, 0.15) is 12.6 Å². The molecule has 2 rings (SSSR count). The lowest BCUT2D eigenvalue weighted by Crippen LogP contribution is -2.41. The van der Waals surface area contributed by atoms with Crippen molar-refractivity contribution in [2.75, 3.05) is 44.4 Å². The van der Waals surface area contributed by atoms with E-state index in [1.165, 1.54) is 42.5 Å². The van der Waals surface area contributed by atoms with E-state index in [0.29, 0.717) is 17.4 Å². The zero-order chi connectivity index (χ0) is 21.6. The number of likely N-dealkylation sites (N-methyl/N-ethyl adjacent to an activating group) is 1. The summed E-state index contributed by atoms with van der Waals surface area (Å²) in [5.74, 6) is -0.709. The lowest BCUT2D eigenvalue weighted by Gasteiger charge is -2.23. The van der Waals surface area contributed by atoms with E-state index in [1.54, 1.807) is 5.38 Å². The van der Waals surface area contributed by atoms with Crippen molar-refractivity contribution in [3.05, 3.63) is 35.3 Å². The third-order valence-electron chi connectivity index (χ3n) is 3.79. The number of sulfonamides is 1. The average Bonchev–Trinajstić information content (AvgIpc) is 3.02. The molecule has 0 aliphatic heterocycles. The second kappa shape index (κ2) is 9.92. The van der Waals surface area contributed by atoms with Crippen LogP contribution in [0.4, 0.5) is 10.8 Å². The van der Waals surface area contributed by atoms with Crippen LogP contribution in [0.15, 0.2) is 34.5 Å². The van der Waals surface area contributed by atoms with E-state index in [2.05, 4.69) is 15.6 Å². The van der Waals surface area contributed by atoms with Gasteiger partial charge in [-0.05, 0) is 45.3 Å². The molecule has 2 aromatic rings. The van der Waals surface area contributed by atoms with E-state index in [-0.39, 0.29) is 23.9 Å². The van der Waals surface area contributed by atoms with Gasteiger partial charge in [0.1, 0.15) is 0 Å². The number of hydrogen-bond donors (Lipinski definition) is 2. The van der Waals surface area contributed by atoms with Crippen molar-refractivity contribution in [3.63, 3.8) is 0 Å². The van der Waals surface area contributed by atoms with Gasteiger partial charge in [-0.2, -0.15) is 4.31 Å². The number of carbonyl (C=O) groups excluding carboxylic acids is 2. The molecule has 0 bridgehead atoms. The van der Waals surface area contributed by atoms with E-state index >= 15 is 0 Å². The van der Waals surface area contributed by atoms with Crippen LogP contribution in [0, 0.1) is 6.92 Å². The quantitative estimate of drug-likeness (QED) is 0.614. The summed E-state index contributed by atoms with van der Waals surface area (Å²) in [6.07, 6.45) is 0. The van der Waals surface area contributed by atoms with Crippen molar-refractivity contribution in [2.45, 2.75) is 18.7 Å². The molecule has 0 saturated heterocycles. The van der Waals surface area contributed by atoms with Crippen LogP contribution in [0.3, 0.4) is 0 Å². The number of rotatable bonds is 9. The van der Waals surface area contributed by atoms with Crippen LogP contribution in [-0.4, -0.2) is 68.2 Å². The molecule has 1 aromatic carbocycles. The molecule has 2 N–H and O–H groups in total. The molecule has 0 aliphatic rings. The number of anilines is 2. The Labute approximate surface area is 174 Å². The van der Waals surface area contributed by atoms with Crippen molar-refractivity contribution < 1.29 is 18.0 Å². The van der Waals surface area contributed by atoms with Gasteiger partial charge in [0, 0.05) is 31.1 Å². The van der Waals surface area contributed by atoms with Crippen molar-refractivity contribution >= 4 is 44.0 Å².